The molecule has 0 aliphatic carbocycles. The number of nitrogens with one attached hydrogen (secondary N) is 1. The number of anilines is 1. The highest BCUT2D eigenvalue weighted by molar-refractivity contribution is 5.88. The minimum absolute atomic E-state index is 0.343. The summed E-state index contributed by atoms with van der Waals surface area (Å²) < 4.78 is 40.1. The highest BCUT2D eigenvalue weighted by Gasteiger charge is 2.31. The fourth-order valence-corrected chi connectivity index (χ4v) is 1.52. The van der Waals surface area contributed by atoms with Crippen molar-refractivity contribution >= 4 is 11.7 Å². The first-order valence-electron chi connectivity index (χ1n) is 5.47. The Morgan fingerprint density at radius 2 is 2.05 bits per heavy atom. The molecular formula is C11H14F3N3O2. The first kappa shape index (κ1) is 15.1. The van der Waals surface area contributed by atoms with E-state index >= 15 is 0 Å². The van der Waals surface area contributed by atoms with Crippen LogP contribution < -0.4 is 21.5 Å². The van der Waals surface area contributed by atoms with Crippen molar-refractivity contribution in [2.24, 2.45) is 11.5 Å². The van der Waals surface area contributed by atoms with Crippen LogP contribution in [0, 0.1) is 0 Å². The van der Waals surface area contributed by atoms with E-state index in [1.807, 2.05) is 0 Å². The van der Waals surface area contributed by atoms with Gasteiger partial charge in [-0.25, -0.2) is 4.79 Å². The summed E-state index contributed by atoms with van der Waals surface area (Å²) in [4.78, 5) is 10.8. The number of amides is 2. The Bertz CT molecular complexity index is 449. The number of hydrogen-bond donors (Lipinski definition) is 3. The maximum Gasteiger partial charge on any atom is 0.573 e. The van der Waals surface area contributed by atoms with Gasteiger partial charge in [0.1, 0.15) is 5.75 Å². The van der Waals surface area contributed by atoms with Crippen LogP contribution in [-0.4, -0.2) is 18.9 Å². The van der Waals surface area contributed by atoms with E-state index in [9.17, 15) is 18.0 Å². The number of aryl methyl sites for hydroxylation is 1. The number of alkyl halides is 3. The number of halogens is 3. The van der Waals surface area contributed by atoms with Crippen molar-refractivity contribution in [2.75, 3.05) is 11.9 Å². The lowest BCUT2D eigenvalue weighted by atomic mass is 10.1. The van der Waals surface area contributed by atoms with Gasteiger partial charge in [-0.1, -0.05) is 0 Å². The van der Waals surface area contributed by atoms with Crippen molar-refractivity contribution < 1.29 is 22.7 Å². The van der Waals surface area contributed by atoms with Crippen molar-refractivity contribution in [1.82, 2.24) is 0 Å². The molecule has 0 aliphatic rings. The van der Waals surface area contributed by atoms with E-state index < -0.39 is 12.4 Å². The molecule has 5 nitrogen and oxygen atoms in total. The molecule has 0 atom stereocenters. The largest absolute Gasteiger partial charge is 0.573 e. The second kappa shape index (κ2) is 6.28. The second-order valence-corrected chi connectivity index (χ2v) is 3.75. The molecule has 8 heteroatoms. The molecule has 0 heterocycles. The quantitative estimate of drug-likeness (QED) is 0.768. The molecule has 0 radical (unpaired) electrons. The van der Waals surface area contributed by atoms with Gasteiger partial charge in [-0.15, -0.1) is 13.2 Å². The summed E-state index contributed by atoms with van der Waals surface area (Å²) in [7, 11) is 0. The van der Waals surface area contributed by atoms with Crippen molar-refractivity contribution in [3.8, 4) is 5.75 Å². The summed E-state index contributed by atoms with van der Waals surface area (Å²) in [5.41, 5.74) is 11.1. The lowest BCUT2D eigenvalue weighted by Crippen LogP contribution is -2.21. The topological polar surface area (TPSA) is 90.4 Å². The van der Waals surface area contributed by atoms with Gasteiger partial charge in [-0.05, 0) is 43.1 Å². The Morgan fingerprint density at radius 3 is 2.58 bits per heavy atom. The molecule has 0 unspecified atom stereocenters. The fourth-order valence-electron chi connectivity index (χ4n) is 1.52. The highest BCUT2D eigenvalue weighted by Crippen LogP contribution is 2.27. The van der Waals surface area contributed by atoms with Crippen LogP contribution in [0.3, 0.4) is 0 Å². The van der Waals surface area contributed by atoms with Gasteiger partial charge in [0.15, 0.2) is 0 Å². The molecule has 0 fully saturated rings. The van der Waals surface area contributed by atoms with E-state index in [0.717, 1.165) is 6.07 Å². The number of carbonyl (C=O) groups is 1. The van der Waals surface area contributed by atoms with Gasteiger partial charge in [0.05, 0.1) is 0 Å². The van der Waals surface area contributed by atoms with Gasteiger partial charge in [0.25, 0.3) is 0 Å². The molecule has 0 aromatic heterocycles. The van der Waals surface area contributed by atoms with Crippen LogP contribution in [0.15, 0.2) is 18.2 Å². The number of carbonyl (C=O) groups excluding carboxylic acids is 1. The van der Waals surface area contributed by atoms with Gasteiger partial charge in [0, 0.05) is 5.69 Å². The lowest BCUT2D eigenvalue weighted by molar-refractivity contribution is -0.274. The van der Waals surface area contributed by atoms with Crippen molar-refractivity contribution in [3.63, 3.8) is 0 Å². The molecule has 0 bridgehead atoms. The van der Waals surface area contributed by atoms with Crippen LogP contribution in [0.4, 0.5) is 23.7 Å². The Kier molecular flexibility index (Phi) is 4.99. The number of rotatable bonds is 5. The maximum atomic E-state index is 12.1. The van der Waals surface area contributed by atoms with Crippen LogP contribution in [-0.2, 0) is 6.42 Å². The monoisotopic (exact) mass is 277 g/mol. The molecule has 106 valence electrons. The molecule has 2 amide bonds. The van der Waals surface area contributed by atoms with Gasteiger partial charge < -0.3 is 21.5 Å². The van der Waals surface area contributed by atoms with E-state index in [1.54, 1.807) is 0 Å². The number of urea groups is 1. The van der Waals surface area contributed by atoms with Crippen molar-refractivity contribution in [2.45, 2.75) is 19.2 Å². The Hall–Kier alpha value is -1.96. The Balaban J connectivity index is 2.96. The predicted molar refractivity (Wildman–Crippen MR) is 63.7 cm³/mol. The predicted octanol–water partition coefficient (Wildman–Crippen LogP) is 1.97. The minimum Gasteiger partial charge on any atom is -0.406 e. The maximum absolute atomic E-state index is 12.1. The second-order valence-electron chi connectivity index (χ2n) is 3.75. The molecule has 1 rings (SSSR count). The normalized spacial score (nSPS) is 11.2. The third-order valence-corrected chi connectivity index (χ3v) is 2.22. The molecular weight excluding hydrogens is 263 g/mol. The number of ether oxygens (including phenoxy) is 1. The van der Waals surface area contributed by atoms with Crippen molar-refractivity contribution in [1.29, 1.82) is 0 Å². The SMILES string of the molecule is NCCCc1cc(OC(F)(F)F)ccc1NC(N)=O. The average Bonchev–Trinajstić information content (AvgIpc) is 2.26. The Labute approximate surface area is 107 Å². The van der Waals surface area contributed by atoms with Crippen LogP contribution in [0.25, 0.3) is 0 Å². The smallest absolute Gasteiger partial charge is 0.406 e. The van der Waals surface area contributed by atoms with Gasteiger partial charge >= 0.3 is 12.4 Å². The summed E-state index contributed by atoms with van der Waals surface area (Å²) in [6.07, 6.45) is -3.80. The summed E-state index contributed by atoms with van der Waals surface area (Å²) >= 11 is 0. The number of hydrogen-bond acceptors (Lipinski definition) is 3. The standard InChI is InChI=1S/C11H14F3N3O2/c12-11(13,14)19-8-3-4-9(17-10(16)18)7(6-8)2-1-5-15/h3-4,6H,1-2,5,15H2,(H3,16,17,18). The zero-order chi connectivity index (χ0) is 14.5. The van der Waals surface area contributed by atoms with Gasteiger partial charge in [-0.3, -0.25) is 0 Å². The highest BCUT2D eigenvalue weighted by atomic mass is 19.4. The number of primary amides is 1. The van der Waals surface area contributed by atoms with Crippen LogP contribution in [0.2, 0.25) is 0 Å². The molecule has 0 saturated carbocycles. The average molecular weight is 277 g/mol. The first-order valence-corrected chi connectivity index (χ1v) is 5.47. The Morgan fingerprint density at radius 1 is 1.37 bits per heavy atom. The van der Waals surface area contributed by atoms with E-state index in [2.05, 4.69) is 10.1 Å². The summed E-state index contributed by atoms with van der Waals surface area (Å²) in [6, 6.07) is 2.81. The van der Waals surface area contributed by atoms with E-state index in [-0.39, 0.29) is 5.75 Å². The van der Waals surface area contributed by atoms with E-state index in [1.165, 1.54) is 12.1 Å². The third kappa shape index (κ3) is 5.47. The molecule has 0 aliphatic heterocycles. The van der Waals surface area contributed by atoms with Crippen molar-refractivity contribution in [3.05, 3.63) is 23.8 Å². The van der Waals surface area contributed by atoms with Gasteiger partial charge in [0.2, 0.25) is 0 Å². The first-order chi connectivity index (χ1) is 8.81. The molecule has 5 N–H and O–H groups in total. The zero-order valence-electron chi connectivity index (χ0n) is 9.96. The number of nitrogens with two attached hydrogens (primary N) is 2. The van der Waals surface area contributed by atoms with Gasteiger partial charge in [-0.2, -0.15) is 0 Å². The van der Waals surface area contributed by atoms with Crippen LogP contribution in [0.1, 0.15) is 12.0 Å². The van der Waals surface area contributed by atoms with E-state index in [0.29, 0.717) is 30.6 Å². The molecule has 1 aromatic carbocycles. The zero-order valence-corrected chi connectivity index (χ0v) is 9.96. The van der Waals surface area contributed by atoms with E-state index in [4.69, 9.17) is 11.5 Å². The van der Waals surface area contributed by atoms with Crippen LogP contribution in [0.5, 0.6) is 5.75 Å². The summed E-state index contributed by atoms with van der Waals surface area (Å²) in [6.45, 7) is 0.375. The summed E-state index contributed by atoms with van der Waals surface area (Å²) in [5, 5.41) is 2.33. The van der Waals surface area contributed by atoms with Crippen LogP contribution >= 0.6 is 0 Å². The third-order valence-electron chi connectivity index (χ3n) is 2.22. The molecule has 0 saturated heterocycles. The minimum atomic E-state index is -4.76. The number of benzene rings is 1. The fraction of sp³-hybridized carbons (Fsp3) is 0.364. The molecule has 19 heavy (non-hydrogen) atoms. The summed E-state index contributed by atoms with van der Waals surface area (Å²) in [5.74, 6) is -0.352. The lowest BCUT2D eigenvalue weighted by Gasteiger charge is -2.13. The molecule has 1 aromatic rings. The molecule has 0 spiro atoms.